The van der Waals surface area contributed by atoms with Crippen LogP contribution in [0.25, 0.3) is 10.9 Å². The lowest BCUT2D eigenvalue weighted by molar-refractivity contribution is 0.416. The number of hydrogen-bond donors (Lipinski definition) is 1. The first-order chi connectivity index (χ1) is 12.7. The molecular weight excluding hydrogens is 326 g/mol. The number of aromatic nitrogens is 2. The summed E-state index contributed by atoms with van der Waals surface area (Å²) in [5.74, 6) is 1.10. The van der Waals surface area contributed by atoms with Crippen LogP contribution in [0.15, 0.2) is 58.4 Å². The summed E-state index contributed by atoms with van der Waals surface area (Å²) in [5.41, 5.74) is 1.12. The van der Waals surface area contributed by atoms with Crippen LogP contribution >= 0.6 is 0 Å². The van der Waals surface area contributed by atoms with Crippen molar-refractivity contribution >= 4 is 17.1 Å². The van der Waals surface area contributed by atoms with Crippen LogP contribution in [0.3, 0.4) is 0 Å². The highest BCUT2D eigenvalue weighted by atomic mass is 16.3. The predicted octanol–water partition coefficient (Wildman–Crippen LogP) is 4.03. The summed E-state index contributed by atoms with van der Waals surface area (Å²) < 4.78 is 1.42. The number of benzene rings is 2. The van der Waals surface area contributed by atoms with E-state index in [2.05, 4.69) is 5.10 Å². The van der Waals surface area contributed by atoms with Crippen LogP contribution in [0.4, 0.5) is 0 Å². The Morgan fingerprint density at radius 1 is 1.04 bits per heavy atom. The van der Waals surface area contributed by atoms with Gasteiger partial charge < -0.3 is 5.11 Å². The fourth-order valence-corrected chi connectivity index (χ4v) is 3.59. The summed E-state index contributed by atoms with van der Waals surface area (Å²) in [4.78, 5) is 17.8. The maximum Gasteiger partial charge on any atom is 0.282 e. The van der Waals surface area contributed by atoms with Gasteiger partial charge in [-0.05, 0) is 37.1 Å². The second kappa shape index (κ2) is 7.12. The zero-order valence-corrected chi connectivity index (χ0v) is 14.5. The van der Waals surface area contributed by atoms with Gasteiger partial charge >= 0.3 is 0 Å². The van der Waals surface area contributed by atoms with E-state index in [-0.39, 0.29) is 17.2 Å². The van der Waals surface area contributed by atoms with E-state index in [4.69, 9.17) is 4.98 Å². The van der Waals surface area contributed by atoms with Gasteiger partial charge in [0.25, 0.3) is 5.56 Å². The first kappa shape index (κ1) is 16.5. The van der Waals surface area contributed by atoms with Crippen molar-refractivity contribution in [2.24, 2.45) is 5.10 Å². The van der Waals surface area contributed by atoms with Crippen molar-refractivity contribution in [1.29, 1.82) is 0 Å². The van der Waals surface area contributed by atoms with E-state index in [0.29, 0.717) is 16.5 Å². The zero-order chi connectivity index (χ0) is 17.9. The summed E-state index contributed by atoms with van der Waals surface area (Å²) in [6.45, 7) is 0. The van der Waals surface area contributed by atoms with Gasteiger partial charge in [0.05, 0.1) is 17.1 Å². The van der Waals surface area contributed by atoms with Crippen LogP contribution < -0.4 is 5.56 Å². The molecule has 1 fully saturated rings. The van der Waals surface area contributed by atoms with Crippen LogP contribution in [-0.4, -0.2) is 21.0 Å². The fourth-order valence-electron chi connectivity index (χ4n) is 3.59. The zero-order valence-electron chi connectivity index (χ0n) is 14.5. The van der Waals surface area contributed by atoms with Crippen LogP contribution in [0, 0.1) is 0 Å². The van der Waals surface area contributed by atoms with Gasteiger partial charge in [-0.3, -0.25) is 4.79 Å². The highest BCUT2D eigenvalue weighted by molar-refractivity contribution is 5.83. The molecule has 3 aromatic rings. The Hall–Kier alpha value is -2.95. The van der Waals surface area contributed by atoms with Gasteiger partial charge in [-0.1, -0.05) is 43.5 Å². The fraction of sp³-hybridized carbons (Fsp3) is 0.286. The lowest BCUT2D eigenvalue weighted by Crippen LogP contribution is -2.25. The minimum Gasteiger partial charge on any atom is -0.507 e. The van der Waals surface area contributed by atoms with E-state index in [1.165, 1.54) is 17.3 Å². The number of fused-ring (bicyclic) bond motifs is 1. The van der Waals surface area contributed by atoms with Crippen molar-refractivity contribution < 1.29 is 5.11 Å². The van der Waals surface area contributed by atoms with Crippen molar-refractivity contribution in [2.45, 2.75) is 38.0 Å². The second-order valence-corrected chi connectivity index (χ2v) is 6.74. The van der Waals surface area contributed by atoms with Crippen molar-refractivity contribution in [1.82, 2.24) is 9.66 Å². The lowest BCUT2D eigenvalue weighted by Gasteiger charge is -2.22. The number of rotatable bonds is 3. The molecule has 132 valence electrons. The topological polar surface area (TPSA) is 67.5 Å². The minimum atomic E-state index is -0.164. The monoisotopic (exact) mass is 347 g/mol. The molecule has 0 saturated heterocycles. The van der Waals surface area contributed by atoms with Gasteiger partial charge in [-0.2, -0.15) is 9.78 Å². The molecule has 0 unspecified atom stereocenters. The molecule has 0 radical (unpaired) electrons. The van der Waals surface area contributed by atoms with Gasteiger partial charge in [0.2, 0.25) is 0 Å². The smallest absolute Gasteiger partial charge is 0.282 e. The average molecular weight is 347 g/mol. The first-order valence-corrected chi connectivity index (χ1v) is 9.08. The van der Waals surface area contributed by atoms with Gasteiger partial charge in [0.15, 0.2) is 0 Å². The van der Waals surface area contributed by atoms with Crippen molar-refractivity contribution in [3.05, 3.63) is 70.3 Å². The molecule has 1 heterocycles. The van der Waals surface area contributed by atoms with Crippen molar-refractivity contribution in [3.63, 3.8) is 0 Å². The Bertz CT molecular complexity index is 1020. The molecule has 1 saturated carbocycles. The number of phenols is 1. The number of para-hydroxylation sites is 2. The molecule has 1 aliphatic carbocycles. The van der Waals surface area contributed by atoms with E-state index in [1.54, 1.807) is 24.3 Å². The summed E-state index contributed by atoms with van der Waals surface area (Å²) in [7, 11) is 0. The number of phenolic OH excluding ortho intramolecular Hbond substituents is 1. The number of hydrogen-bond acceptors (Lipinski definition) is 4. The summed E-state index contributed by atoms with van der Waals surface area (Å²) >= 11 is 0. The van der Waals surface area contributed by atoms with Gasteiger partial charge in [0.1, 0.15) is 11.6 Å². The highest BCUT2D eigenvalue weighted by Crippen LogP contribution is 2.31. The van der Waals surface area contributed by atoms with Crippen LogP contribution in [0.2, 0.25) is 0 Å². The molecule has 26 heavy (non-hydrogen) atoms. The normalized spacial score (nSPS) is 15.7. The molecule has 4 rings (SSSR count). The Morgan fingerprint density at radius 3 is 2.58 bits per heavy atom. The Morgan fingerprint density at radius 2 is 1.77 bits per heavy atom. The Balaban J connectivity index is 1.86. The number of aromatic hydroxyl groups is 1. The maximum atomic E-state index is 13.0. The summed E-state index contributed by atoms with van der Waals surface area (Å²) in [6.07, 6.45) is 7.11. The quantitative estimate of drug-likeness (QED) is 0.727. The highest BCUT2D eigenvalue weighted by Gasteiger charge is 2.22. The predicted molar refractivity (Wildman–Crippen MR) is 103 cm³/mol. The van der Waals surface area contributed by atoms with Crippen LogP contribution in [-0.2, 0) is 0 Å². The van der Waals surface area contributed by atoms with Crippen LogP contribution in [0.5, 0.6) is 5.75 Å². The third-order valence-corrected chi connectivity index (χ3v) is 5.00. The van der Waals surface area contributed by atoms with Gasteiger partial charge in [0, 0.05) is 11.5 Å². The van der Waals surface area contributed by atoms with Gasteiger partial charge in [-0.15, -0.1) is 0 Å². The lowest BCUT2D eigenvalue weighted by atomic mass is 9.88. The number of nitrogens with zero attached hydrogens (tertiary/aromatic N) is 3. The summed E-state index contributed by atoms with van der Waals surface area (Å²) in [6, 6.07) is 14.3. The third kappa shape index (κ3) is 3.12. The first-order valence-electron chi connectivity index (χ1n) is 9.08. The standard InChI is InChI=1S/C21H21N3O2/c25-19-13-7-4-10-16(19)14-22-24-20(15-8-2-1-3-9-15)23-18-12-6-5-11-17(18)21(24)26/h4-7,10-15,25H,1-3,8-9H2. The molecule has 5 nitrogen and oxygen atoms in total. The minimum absolute atomic E-state index is 0.136. The van der Waals surface area contributed by atoms with Crippen molar-refractivity contribution in [2.75, 3.05) is 0 Å². The molecule has 0 aliphatic heterocycles. The molecule has 5 heteroatoms. The molecular formula is C21H21N3O2. The van der Waals surface area contributed by atoms with E-state index >= 15 is 0 Å². The Labute approximate surface area is 151 Å². The molecule has 1 aliphatic rings. The van der Waals surface area contributed by atoms with E-state index in [0.717, 1.165) is 31.5 Å². The van der Waals surface area contributed by atoms with E-state index in [1.807, 2.05) is 24.3 Å². The molecule has 0 amide bonds. The molecule has 0 atom stereocenters. The summed E-state index contributed by atoms with van der Waals surface area (Å²) in [5, 5.41) is 14.9. The van der Waals surface area contributed by atoms with Crippen LogP contribution in [0.1, 0.15) is 49.4 Å². The maximum absolute atomic E-state index is 13.0. The van der Waals surface area contributed by atoms with E-state index in [9.17, 15) is 9.90 Å². The second-order valence-electron chi connectivity index (χ2n) is 6.74. The van der Waals surface area contributed by atoms with Crippen molar-refractivity contribution in [3.8, 4) is 5.75 Å². The third-order valence-electron chi connectivity index (χ3n) is 5.00. The molecule has 0 spiro atoms. The molecule has 0 bridgehead atoms. The molecule has 2 aromatic carbocycles. The molecule has 1 aromatic heterocycles. The molecule has 1 N–H and O–H groups in total. The average Bonchev–Trinajstić information content (AvgIpc) is 2.69. The van der Waals surface area contributed by atoms with Gasteiger partial charge in [-0.25, -0.2) is 4.98 Å². The largest absolute Gasteiger partial charge is 0.507 e. The SMILES string of the molecule is O=c1c2ccccc2nc(C2CCCCC2)n1N=Cc1ccccc1O. The Kier molecular flexibility index (Phi) is 4.52. The van der Waals surface area contributed by atoms with E-state index < -0.39 is 0 Å².